The van der Waals surface area contributed by atoms with Gasteiger partial charge in [0.25, 0.3) is 0 Å². The Morgan fingerprint density at radius 2 is 2.23 bits per heavy atom. The predicted molar refractivity (Wildman–Crippen MR) is 50.1 cm³/mol. The van der Waals surface area contributed by atoms with Gasteiger partial charge in [0.15, 0.2) is 6.29 Å². The first-order valence-corrected chi connectivity index (χ1v) is 4.45. The zero-order valence-electron chi connectivity index (χ0n) is 7.62. The fourth-order valence-corrected chi connectivity index (χ4v) is 1.64. The Hall–Kier alpha value is -1.15. The second-order valence-electron chi connectivity index (χ2n) is 3.43. The standard InChI is InChI=1S/C11H12O2/c1-8-3-2-4-10(11(8)5-12)9-6-13-7-9/h2-5,9H,6-7H2,1H3. The van der Waals surface area contributed by atoms with E-state index >= 15 is 0 Å². The van der Waals surface area contributed by atoms with Crippen molar-refractivity contribution in [2.75, 3.05) is 13.2 Å². The molecule has 0 N–H and O–H groups in total. The van der Waals surface area contributed by atoms with Crippen LogP contribution in [0.15, 0.2) is 18.2 Å². The van der Waals surface area contributed by atoms with Crippen molar-refractivity contribution in [3.63, 3.8) is 0 Å². The molecule has 0 bridgehead atoms. The number of carbonyl (C=O) groups excluding carboxylic acids is 1. The van der Waals surface area contributed by atoms with Crippen LogP contribution in [0, 0.1) is 6.92 Å². The Balaban J connectivity index is 2.42. The molecule has 0 unspecified atom stereocenters. The van der Waals surface area contributed by atoms with Crippen molar-refractivity contribution in [2.45, 2.75) is 12.8 Å². The summed E-state index contributed by atoms with van der Waals surface area (Å²) in [6, 6.07) is 5.98. The average molecular weight is 176 g/mol. The third-order valence-corrected chi connectivity index (χ3v) is 2.55. The Labute approximate surface area is 77.5 Å². The Bertz CT molecular complexity index is 327. The van der Waals surface area contributed by atoms with Gasteiger partial charge in [-0.1, -0.05) is 18.2 Å². The first-order chi connectivity index (χ1) is 6.33. The van der Waals surface area contributed by atoms with Gasteiger partial charge < -0.3 is 4.74 Å². The number of ether oxygens (including phenoxy) is 1. The summed E-state index contributed by atoms with van der Waals surface area (Å²) < 4.78 is 5.11. The Morgan fingerprint density at radius 1 is 1.46 bits per heavy atom. The van der Waals surface area contributed by atoms with Crippen LogP contribution >= 0.6 is 0 Å². The second-order valence-corrected chi connectivity index (χ2v) is 3.43. The molecule has 0 saturated carbocycles. The van der Waals surface area contributed by atoms with Gasteiger partial charge in [-0.3, -0.25) is 4.79 Å². The van der Waals surface area contributed by atoms with Gasteiger partial charge >= 0.3 is 0 Å². The van der Waals surface area contributed by atoms with Crippen LogP contribution in [-0.2, 0) is 4.74 Å². The van der Waals surface area contributed by atoms with Crippen molar-refractivity contribution in [2.24, 2.45) is 0 Å². The summed E-state index contributed by atoms with van der Waals surface area (Å²) in [4.78, 5) is 10.9. The van der Waals surface area contributed by atoms with Gasteiger partial charge in [-0.05, 0) is 18.1 Å². The number of benzene rings is 1. The lowest BCUT2D eigenvalue weighted by Crippen LogP contribution is -2.26. The molecule has 0 radical (unpaired) electrons. The van der Waals surface area contributed by atoms with Gasteiger partial charge in [0.05, 0.1) is 13.2 Å². The lowest BCUT2D eigenvalue weighted by atomic mass is 9.91. The van der Waals surface area contributed by atoms with Gasteiger partial charge in [-0.2, -0.15) is 0 Å². The molecule has 0 spiro atoms. The molecule has 2 rings (SSSR count). The highest BCUT2D eigenvalue weighted by Gasteiger charge is 2.23. The van der Waals surface area contributed by atoms with E-state index in [4.69, 9.17) is 4.74 Å². The summed E-state index contributed by atoms with van der Waals surface area (Å²) in [5.74, 6) is 0.431. The second kappa shape index (κ2) is 3.30. The van der Waals surface area contributed by atoms with Crippen molar-refractivity contribution in [1.82, 2.24) is 0 Å². The fraction of sp³-hybridized carbons (Fsp3) is 0.364. The number of hydrogen-bond acceptors (Lipinski definition) is 2. The summed E-state index contributed by atoms with van der Waals surface area (Å²) >= 11 is 0. The SMILES string of the molecule is Cc1cccc(C2COC2)c1C=O. The van der Waals surface area contributed by atoms with Crippen molar-refractivity contribution in [1.29, 1.82) is 0 Å². The van der Waals surface area contributed by atoms with Crippen LogP contribution < -0.4 is 0 Å². The lowest BCUT2D eigenvalue weighted by Gasteiger charge is -2.27. The maximum atomic E-state index is 10.9. The van der Waals surface area contributed by atoms with Gasteiger partial charge in [0, 0.05) is 11.5 Å². The minimum atomic E-state index is 0.431. The number of rotatable bonds is 2. The molecule has 0 aromatic heterocycles. The molecule has 68 valence electrons. The van der Waals surface area contributed by atoms with Crippen LogP contribution in [0.2, 0.25) is 0 Å². The van der Waals surface area contributed by atoms with E-state index in [2.05, 4.69) is 0 Å². The van der Waals surface area contributed by atoms with Crippen molar-refractivity contribution >= 4 is 6.29 Å². The lowest BCUT2D eigenvalue weighted by molar-refractivity contribution is 0.00820. The van der Waals surface area contributed by atoms with Crippen LogP contribution in [0.4, 0.5) is 0 Å². The predicted octanol–water partition coefficient (Wildman–Crippen LogP) is 1.92. The van der Waals surface area contributed by atoms with E-state index in [1.54, 1.807) is 0 Å². The number of aryl methyl sites for hydroxylation is 1. The molecule has 0 atom stereocenters. The molecular formula is C11H12O2. The third kappa shape index (κ3) is 1.38. The summed E-state index contributed by atoms with van der Waals surface area (Å²) in [5.41, 5.74) is 3.04. The van der Waals surface area contributed by atoms with E-state index in [-0.39, 0.29) is 0 Å². The number of hydrogen-bond donors (Lipinski definition) is 0. The molecule has 0 amide bonds. The van der Waals surface area contributed by atoms with Crippen molar-refractivity contribution in [3.05, 3.63) is 34.9 Å². The monoisotopic (exact) mass is 176 g/mol. The Morgan fingerprint density at radius 3 is 2.77 bits per heavy atom. The summed E-state index contributed by atoms with van der Waals surface area (Å²) in [7, 11) is 0. The summed E-state index contributed by atoms with van der Waals surface area (Å²) in [5, 5.41) is 0. The first kappa shape index (κ1) is 8.45. The topological polar surface area (TPSA) is 26.3 Å². The van der Waals surface area contributed by atoms with E-state index in [1.165, 1.54) is 0 Å². The van der Waals surface area contributed by atoms with Crippen LogP contribution in [-0.4, -0.2) is 19.5 Å². The van der Waals surface area contributed by atoms with E-state index in [1.807, 2.05) is 25.1 Å². The quantitative estimate of drug-likeness (QED) is 0.643. The molecule has 1 fully saturated rings. The third-order valence-electron chi connectivity index (χ3n) is 2.55. The van der Waals surface area contributed by atoms with E-state index in [9.17, 15) is 4.79 Å². The van der Waals surface area contributed by atoms with Crippen LogP contribution in [0.3, 0.4) is 0 Å². The van der Waals surface area contributed by atoms with Gasteiger partial charge in [0.2, 0.25) is 0 Å². The van der Waals surface area contributed by atoms with Gasteiger partial charge in [0.1, 0.15) is 0 Å². The highest BCUT2D eigenvalue weighted by molar-refractivity contribution is 5.80. The molecule has 1 aromatic carbocycles. The molecule has 2 nitrogen and oxygen atoms in total. The fourth-order valence-electron chi connectivity index (χ4n) is 1.64. The first-order valence-electron chi connectivity index (χ1n) is 4.45. The molecule has 1 aliphatic heterocycles. The molecule has 0 aliphatic carbocycles. The highest BCUT2D eigenvalue weighted by Crippen LogP contribution is 2.27. The zero-order valence-corrected chi connectivity index (χ0v) is 7.62. The number of aldehydes is 1. The van der Waals surface area contributed by atoms with Crippen molar-refractivity contribution < 1.29 is 9.53 Å². The van der Waals surface area contributed by atoms with E-state index in [0.717, 1.165) is 36.2 Å². The minimum absolute atomic E-state index is 0.431. The van der Waals surface area contributed by atoms with Gasteiger partial charge in [-0.15, -0.1) is 0 Å². The minimum Gasteiger partial charge on any atom is -0.380 e. The molecular weight excluding hydrogens is 164 g/mol. The normalized spacial score (nSPS) is 16.7. The smallest absolute Gasteiger partial charge is 0.150 e. The maximum Gasteiger partial charge on any atom is 0.150 e. The van der Waals surface area contributed by atoms with E-state index < -0.39 is 0 Å². The Kier molecular flexibility index (Phi) is 2.15. The molecule has 1 aliphatic rings. The van der Waals surface area contributed by atoms with Crippen LogP contribution in [0.1, 0.15) is 27.4 Å². The zero-order chi connectivity index (χ0) is 9.26. The van der Waals surface area contributed by atoms with Crippen molar-refractivity contribution in [3.8, 4) is 0 Å². The molecule has 1 aromatic rings. The molecule has 1 saturated heterocycles. The number of carbonyl (C=O) groups is 1. The maximum absolute atomic E-state index is 10.9. The summed E-state index contributed by atoms with van der Waals surface area (Å²) in [6.07, 6.45) is 0.947. The largest absolute Gasteiger partial charge is 0.380 e. The molecule has 2 heteroatoms. The highest BCUT2D eigenvalue weighted by atomic mass is 16.5. The van der Waals surface area contributed by atoms with Crippen LogP contribution in [0.5, 0.6) is 0 Å². The van der Waals surface area contributed by atoms with Gasteiger partial charge in [-0.25, -0.2) is 0 Å². The summed E-state index contributed by atoms with van der Waals surface area (Å²) in [6.45, 7) is 3.47. The molecule has 13 heavy (non-hydrogen) atoms. The average Bonchev–Trinajstić information content (AvgIpc) is 2.01. The molecule has 1 heterocycles. The van der Waals surface area contributed by atoms with Crippen LogP contribution in [0.25, 0.3) is 0 Å². The van der Waals surface area contributed by atoms with E-state index in [0.29, 0.717) is 5.92 Å².